The fourth-order valence-corrected chi connectivity index (χ4v) is 2.16. The van der Waals surface area contributed by atoms with Crippen molar-refractivity contribution in [2.24, 2.45) is 5.92 Å². The van der Waals surface area contributed by atoms with Gasteiger partial charge in [0, 0.05) is 37.7 Å². The Hall–Kier alpha value is -2.34. The first kappa shape index (κ1) is 13.6. The van der Waals surface area contributed by atoms with Crippen molar-refractivity contribution in [1.82, 2.24) is 20.3 Å². The van der Waals surface area contributed by atoms with Crippen LogP contribution in [0.15, 0.2) is 36.8 Å². The van der Waals surface area contributed by atoms with Crippen LogP contribution in [0.1, 0.15) is 16.8 Å². The molecule has 0 radical (unpaired) electrons. The number of ether oxygens (including phenoxy) is 1. The largest absolute Gasteiger partial charge is 0.381 e. The van der Waals surface area contributed by atoms with Gasteiger partial charge in [-0.05, 0) is 18.6 Å². The highest BCUT2D eigenvalue weighted by molar-refractivity contribution is 5.93. The molecule has 0 saturated carbocycles. The van der Waals surface area contributed by atoms with Gasteiger partial charge in [0.2, 0.25) is 0 Å². The second-order valence-electron chi connectivity index (χ2n) is 4.95. The second-order valence-corrected chi connectivity index (χ2v) is 4.95. The summed E-state index contributed by atoms with van der Waals surface area (Å²) in [6.07, 6.45) is 5.73. The Morgan fingerprint density at radius 3 is 2.81 bits per heavy atom. The summed E-state index contributed by atoms with van der Waals surface area (Å²) in [6.45, 7) is 2.12. The van der Waals surface area contributed by atoms with Gasteiger partial charge in [0.05, 0.1) is 12.2 Å². The van der Waals surface area contributed by atoms with Crippen molar-refractivity contribution in [3.8, 4) is 11.5 Å². The van der Waals surface area contributed by atoms with E-state index in [0.29, 0.717) is 29.5 Å². The summed E-state index contributed by atoms with van der Waals surface area (Å²) in [5.41, 5.74) is 1.14. The molecule has 0 spiro atoms. The van der Waals surface area contributed by atoms with Crippen LogP contribution in [0.3, 0.4) is 0 Å². The van der Waals surface area contributed by atoms with E-state index in [1.165, 1.54) is 12.4 Å². The Morgan fingerprint density at radius 1 is 1.29 bits per heavy atom. The Bertz CT molecular complexity index is 595. The Kier molecular flexibility index (Phi) is 4.16. The number of aromatic nitrogens is 3. The average Bonchev–Trinajstić information content (AvgIpc) is 3.07. The van der Waals surface area contributed by atoms with Crippen molar-refractivity contribution in [3.05, 3.63) is 42.4 Å². The normalized spacial score (nSPS) is 17.6. The summed E-state index contributed by atoms with van der Waals surface area (Å²) in [5, 5.41) is 2.89. The van der Waals surface area contributed by atoms with E-state index in [-0.39, 0.29) is 5.91 Å². The monoisotopic (exact) mass is 284 g/mol. The number of carbonyl (C=O) groups excluding carboxylic acids is 1. The van der Waals surface area contributed by atoms with Crippen LogP contribution in [-0.2, 0) is 4.74 Å². The first-order valence-electron chi connectivity index (χ1n) is 6.92. The number of rotatable bonds is 4. The molecule has 0 unspecified atom stereocenters. The first-order chi connectivity index (χ1) is 10.3. The van der Waals surface area contributed by atoms with Crippen LogP contribution in [0.4, 0.5) is 0 Å². The van der Waals surface area contributed by atoms with E-state index in [2.05, 4.69) is 20.3 Å². The summed E-state index contributed by atoms with van der Waals surface area (Å²) in [7, 11) is 0. The minimum Gasteiger partial charge on any atom is -0.381 e. The average molecular weight is 284 g/mol. The molecule has 2 aromatic heterocycles. The highest BCUT2D eigenvalue weighted by atomic mass is 16.5. The lowest BCUT2D eigenvalue weighted by molar-refractivity contribution is 0.0944. The summed E-state index contributed by atoms with van der Waals surface area (Å²) in [4.78, 5) is 24.6. The molecule has 3 rings (SSSR count). The number of pyridine rings is 1. The van der Waals surface area contributed by atoms with E-state index >= 15 is 0 Å². The maximum Gasteiger partial charge on any atom is 0.254 e. The van der Waals surface area contributed by atoms with Crippen LogP contribution in [0.2, 0.25) is 0 Å². The van der Waals surface area contributed by atoms with Crippen LogP contribution >= 0.6 is 0 Å². The summed E-state index contributed by atoms with van der Waals surface area (Å²) >= 11 is 0. The van der Waals surface area contributed by atoms with Crippen molar-refractivity contribution in [1.29, 1.82) is 0 Å². The molecule has 21 heavy (non-hydrogen) atoms. The molecule has 2 aromatic rings. The quantitative estimate of drug-likeness (QED) is 0.916. The first-order valence-corrected chi connectivity index (χ1v) is 6.92. The van der Waals surface area contributed by atoms with E-state index in [1.807, 2.05) is 18.2 Å². The van der Waals surface area contributed by atoms with Crippen molar-refractivity contribution in [2.75, 3.05) is 19.8 Å². The van der Waals surface area contributed by atoms with Crippen molar-refractivity contribution in [3.63, 3.8) is 0 Å². The zero-order valence-electron chi connectivity index (χ0n) is 11.5. The van der Waals surface area contributed by atoms with E-state index < -0.39 is 0 Å². The molecule has 1 amide bonds. The number of hydrogen-bond acceptors (Lipinski definition) is 5. The van der Waals surface area contributed by atoms with Gasteiger partial charge in [-0.25, -0.2) is 9.97 Å². The van der Waals surface area contributed by atoms with Gasteiger partial charge in [-0.15, -0.1) is 0 Å². The highest BCUT2D eigenvalue weighted by Crippen LogP contribution is 2.12. The van der Waals surface area contributed by atoms with Crippen LogP contribution < -0.4 is 5.32 Å². The minimum atomic E-state index is -0.158. The molecular formula is C15H16N4O2. The van der Waals surface area contributed by atoms with Crippen LogP contribution in [0.25, 0.3) is 11.5 Å². The SMILES string of the molecule is O=C(NC[C@@H]1CCOC1)c1cnc(-c2ccccn2)nc1. The lowest BCUT2D eigenvalue weighted by Crippen LogP contribution is -2.29. The molecule has 1 aliphatic rings. The number of nitrogens with one attached hydrogen (secondary N) is 1. The molecule has 0 aliphatic carbocycles. The molecule has 1 N–H and O–H groups in total. The molecule has 1 atom stereocenters. The predicted molar refractivity (Wildman–Crippen MR) is 76.5 cm³/mol. The van der Waals surface area contributed by atoms with Gasteiger partial charge >= 0.3 is 0 Å². The number of nitrogens with zero attached hydrogens (tertiary/aromatic N) is 3. The van der Waals surface area contributed by atoms with Crippen LogP contribution in [0.5, 0.6) is 0 Å². The highest BCUT2D eigenvalue weighted by Gasteiger charge is 2.17. The van der Waals surface area contributed by atoms with Gasteiger partial charge in [-0.1, -0.05) is 6.07 Å². The van der Waals surface area contributed by atoms with Gasteiger partial charge in [-0.3, -0.25) is 9.78 Å². The Morgan fingerprint density at radius 2 is 2.14 bits per heavy atom. The molecule has 1 saturated heterocycles. The lowest BCUT2D eigenvalue weighted by Gasteiger charge is -2.09. The molecule has 6 nitrogen and oxygen atoms in total. The van der Waals surface area contributed by atoms with Gasteiger partial charge in [0.1, 0.15) is 5.69 Å². The standard InChI is InChI=1S/C15H16N4O2/c20-15(19-7-11-4-6-21-10-11)12-8-17-14(18-9-12)13-3-1-2-5-16-13/h1-3,5,8-9,11H,4,6-7,10H2,(H,19,20)/t11-/m0/s1. The van der Waals surface area contributed by atoms with Crippen LogP contribution in [-0.4, -0.2) is 40.6 Å². The molecule has 1 fully saturated rings. The van der Waals surface area contributed by atoms with Gasteiger partial charge in [-0.2, -0.15) is 0 Å². The lowest BCUT2D eigenvalue weighted by atomic mass is 10.1. The smallest absolute Gasteiger partial charge is 0.254 e. The predicted octanol–water partition coefficient (Wildman–Crippen LogP) is 1.30. The molecular weight excluding hydrogens is 268 g/mol. The maximum atomic E-state index is 12.0. The third kappa shape index (κ3) is 3.41. The molecule has 0 bridgehead atoms. The zero-order valence-corrected chi connectivity index (χ0v) is 11.5. The topological polar surface area (TPSA) is 77.0 Å². The van der Waals surface area contributed by atoms with Gasteiger partial charge < -0.3 is 10.1 Å². The van der Waals surface area contributed by atoms with Crippen molar-refractivity contribution >= 4 is 5.91 Å². The summed E-state index contributed by atoms with van der Waals surface area (Å²) < 4.78 is 5.28. The third-order valence-electron chi connectivity index (χ3n) is 3.38. The maximum absolute atomic E-state index is 12.0. The van der Waals surface area contributed by atoms with Gasteiger partial charge in [0.25, 0.3) is 5.91 Å². The second kappa shape index (κ2) is 6.41. The van der Waals surface area contributed by atoms with Gasteiger partial charge in [0.15, 0.2) is 5.82 Å². The number of carbonyl (C=O) groups is 1. The Balaban J connectivity index is 1.62. The molecule has 108 valence electrons. The van der Waals surface area contributed by atoms with Crippen molar-refractivity contribution < 1.29 is 9.53 Å². The van der Waals surface area contributed by atoms with E-state index in [4.69, 9.17) is 4.74 Å². The number of hydrogen-bond donors (Lipinski definition) is 1. The van der Waals surface area contributed by atoms with Crippen molar-refractivity contribution in [2.45, 2.75) is 6.42 Å². The molecule has 3 heterocycles. The van der Waals surface area contributed by atoms with Crippen LogP contribution in [0, 0.1) is 5.92 Å². The number of amides is 1. The molecule has 1 aliphatic heterocycles. The zero-order chi connectivity index (χ0) is 14.5. The fourth-order valence-electron chi connectivity index (χ4n) is 2.16. The molecule has 6 heteroatoms. The summed E-state index contributed by atoms with van der Waals surface area (Å²) in [5.74, 6) is 0.758. The van der Waals surface area contributed by atoms with E-state index in [1.54, 1.807) is 6.20 Å². The Labute approximate surface area is 122 Å². The molecule has 0 aromatic carbocycles. The van der Waals surface area contributed by atoms with E-state index in [9.17, 15) is 4.79 Å². The van der Waals surface area contributed by atoms with E-state index in [0.717, 1.165) is 19.6 Å². The minimum absolute atomic E-state index is 0.158. The summed E-state index contributed by atoms with van der Waals surface area (Å²) in [6, 6.07) is 5.53. The third-order valence-corrected chi connectivity index (χ3v) is 3.38. The fraction of sp³-hybridized carbons (Fsp3) is 0.333.